The maximum Gasteiger partial charge on any atom is 0.262 e. The smallest absolute Gasteiger partial charge is 0.262 e. The molecule has 0 bridgehead atoms. The Morgan fingerprint density at radius 1 is 1.44 bits per heavy atom. The summed E-state index contributed by atoms with van der Waals surface area (Å²) in [4.78, 5) is 19.4. The molecule has 0 amide bonds. The summed E-state index contributed by atoms with van der Waals surface area (Å²) in [6.45, 7) is 5.97. The van der Waals surface area contributed by atoms with Gasteiger partial charge in [0.1, 0.15) is 10.7 Å². The van der Waals surface area contributed by atoms with E-state index >= 15 is 0 Å². The number of hydrogen-bond acceptors (Lipinski definition) is 4. The minimum Gasteiger partial charge on any atom is -0.312 e. The molecule has 0 aliphatic carbocycles. The van der Waals surface area contributed by atoms with Gasteiger partial charge in [-0.25, -0.2) is 4.98 Å². The number of fused-ring (bicyclic) bond motifs is 3. The first kappa shape index (κ1) is 11.9. The summed E-state index contributed by atoms with van der Waals surface area (Å²) < 4.78 is 1.71. The summed E-state index contributed by atoms with van der Waals surface area (Å²) in [6.07, 6.45) is 0.938. The molecule has 0 aromatic carbocycles. The van der Waals surface area contributed by atoms with Gasteiger partial charge in [-0.1, -0.05) is 13.8 Å². The number of aromatic nitrogens is 2. The second-order valence-electron chi connectivity index (χ2n) is 5.10. The zero-order valence-corrected chi connectivity index (χ0v) is 11.7. The average Bonchev–Trinajstić information content (AvgIpc) is 2.71. The summed E-state index contributed by atoms with van der Waals surface area (Å²) in [5.74, 6) is 1.14. The van der Waals surface area contributed by atoms with Gasteiger partial charge in [-0.05, 0) is 18.5 Å². The Hall–Kier alpha value is -1.20. The highest BCUT2D eigenvalue weighted by atomic mass is 32.1. The molecular formula is C13H17N3OS. The van der Waals surface area contributed by atoms with Gasteiger partial charge in [0, 0.05) is 24.4 Å². The van der Waals surface area contributed by atoms with Gasteiger partial charge in [-0.3, -0.25) is 9.36 Å². The highest BCUT2D eigenvalue weighted by Gasteiger charge is 2.21. The highest BCUT2D eigenvalue weighted by molar-refractivity contribution is 7.18. The van der Waals surface area contributed by atoms with Crippen LogP contribution in [0.5, 0.6) is 0 Å². The molecule has 0 radical (unpaired) electrons. The minimum atomic E-state index is 0.114. The lowest BCUT2D eigenvalue weighted by atomic mass is 10.1. The van der Waals surface area contributed by atoms with Crippen molar-refractivity contribution < 1.29 is 0 Å². The largest absolute Gasteiger partial charge is 0.312 e. The first-order valence-corrected chi connectivity index (χ1v) is 7.13. The van der Waals surface area contributed by atoms with Crippen LogP contribution >= 0.6 is 11.3 Å². The molecular weight excluding hydrogens is 246 g/mol. The van der Waals surface area contributed by atoms with Crippen molar-refractivity contribution in [3.63, 3.8) is 0 Å². The fourth-order valence-electron chi connectivity index (χ4n) is 2.59. The van der Waals surface area contributed by atoms with Gasteiger partial charge in [0.15, 0.2) is 0 Å². The summed E-state index contributed by atoms with van der Waals surface area (Å²) in [6, 6.07) is 0. The predicted molar refractivity (Wildman–Crippen MR) is 74.4 cm³/mol. The van der Waals surface area contributed by atoms with Gasteiger partial charge >= 0.3 is 0 Å². The molecule has 96 valence electrons. The standard InChI is InChI=1S/C13H17N3OS/c1-7(2)11-15-12-10(13(17)16(11)3)8-4-5-14-6-9(8)18-12/h7,14H,4-6H2,1-3H3. The average molecular weight is 263 g/mol. The van der Waals surface area contributed by atoms with E-state index in [2.05, 4.69) is 19.2 Å². The number of rotatable bonds is 1. The van der Waals surface area contributed by atoms with Crippen molar-refractivity contribution in [2.75, 3.05) is 6.54 Å². The normalized spacial score (nSPS) is 15.3. The molecule has 4 nitrogen and oxygen atoms in total. The number of nitrogens with zero attached hydrogens (tertiary/aromatic N) is 2. The van der Waals surface area contributed by atoms with Crippen molar-refractivity contribution in [2.45, 2.75) is 32.7 Å². The van der Waals surface area contributed by atoms with Crippen LogP contribution in [0.3, 0.4) is 0 Å². The molecule has 3 rings (SSSR count). The highest BCUT2D eigenvalue weighted by Crippen LogP contribution is 2.30. The van der Waals surface area contributed by atoms with E-state index in [9.17, 15) is 4.79 Å². The number of nitrogens with one attached hydrogen (secondary N) is 1. The van der Waals surface area contributed by atoms with Gasteiger partial charge in [0.25, 0.3) is 5.56 Å². The Bertz CT molecular complexity index is 669. The first-order valence-electron chi connectivity index (χ1n) is 6.31. The molecule has 0 atom stereocenters. The SMILES string of the molecule is CC(C)c1nc2sc3c(c2c(=O)n1C)CCNC3. The predicted octanol–water partition coefficient (Wildman–Crippen LogP) is 1.76. The second kappa shape index (κ2) is 4.17. The van der Waals surface area contributed by atoms with Crippen LogP contribution < -0.4 is 10.9 Å². The lowest BCUT2D eigenvalue weighted by Gasteiger charge is -2.13. The van der Waals surface area contributed by atoms with Gasteiger partial charge < -0.3 is 5.32 Å². The number of hydrogen-bond donors (Lipinski definition) is 1. The third-order valence-electron chi connectivity index (χ3n) is 3.50. The quantitative estimate of drug-likeness (QED) is 0.853. The molecule has 3 heterocycles. The lowest BCUT2D eigenvalue weighted by molar-refractivity contribution is 0.654. The Labute approximate surface area is 110 Å². The molecule has 1 aliphatic rings. The molecule has 0 saturated carbocycles. The molecule has 1 N–H and O–H groups in total. The van der Waals surface area contributed by atoms with Crippen molar-refractivity contribution >= 4 is 21.6 Å². The van der Waals surface area contributed by atoms with Crippen LogP contribution in [0.25, 0.3) is 10.2 Å². The molecule has 2 aromatic heterocycles. The molecule has 0 fully saturated rings. The molecule has 0 spiro atoms. The van der Waals surface area contributed by atoms with Gasteiger partial charge in [-0.2, -0.15) is 0 Å². The van der Waals surface area contributed by atoms with Gasteiger partial charge in [-0.15, -0.1) is 11.3 Å². The van der Waals surface area contributed by atoms with Crippen LogP contribution in [0.4, 0.5) is 0 Å². The molecule has 18 heavy (non-hydrogen) atoms. The molecule has 1 aliphatic heterocycles. The van der Waals surface area contributed by atoms with E-state index in [0.717, 1.165) is 35.6 Å². The van der Waals surface area contributed by atoms with Crippen molar-refractivity contribution in [3.05, 3.63) is 26.6 Å². The van der Waals surface area contributed by atoms with Crippen LogP contribution in [0.15, 0.2) is 4.79 Å². The van der Waals surface area contributed by atoms with E-state index < -0.39 is 0 Å². The Balaban J connectivity index is 2.37. The lowest BCUT2D eigenvalue weighted by Crippen LogP contribution is -2.26. The first-order chi connectivity index (χ1) is 8.59. The van der Waals surface area contributed by atoms with E-state index in [1.54, 1.807) is 15.9 Å². The van der Waals surface area contributed by atoms with E-state index in [4.69, 9.17) is 4.98 Å². The molecule has 5 heteroatoms. The minimum absolute atomic E-state index is 0.114. The molecule has 2 aromatic rings. The zero-order valence-electron chi connectivity index (χ0n) is 10.9. The Morgan fingerprint density at radius 3 is 2.94 bits per heavy atom. The molecule has 0 unspecified atom stereocenters. The van der Waals surface area contributed by atoms with E-state index in [1.165, 1.54) is 10.4 Å². The second-order valence-corrected chi connectivity index (χ2v) is 6.18. The Kier molecular flexibility index (Phi) is 2.75. The van der Waals surface area contributed by atoms with Crippen molar-refractivity contribution in [1.82, 2.24) is 14.9 Å². The van der Waals surface area contributed by atoms with Crippen LogP contribution in [0.2, 0.25) is 0 Å². The van der Waals surface area contributed by atoms with Crippen LogP contribution in [-0.2, 0) is 20.0 Å². The van der Waals surface area contributed by atoms with Gasteiger partial charge in [0.2, 0.25) is 0 Å². The third-order valence-corrected chi connectivity index (χ3v) is 4.63. The van der Waals surface area contributed by atoms with Crippen molar-refractivity contribution in [2.24, 2.45) is 7.05 Å². The Morgan fingerprint density at radius 2 is 2.22 bits per heavy atom. The van der Waals surface area contributed by atoms with Gasteiger partial charge in [0.05, 0.1) is 5.39 Å². The van der Waals surface area contributed by atoms with Crippen LogP contribution in [-0.4, -0.2) is 16.1 Å². The summed E-state index contributed by atoms with van der Waals surface area (Å²) in [5, 5.41) is 4.20. The monoisotopic (exact) mass is 263 g/mol. The summed E-state index contributed by atoms with van der Waals surface area (Å²) in [7, 11) is 1.83. The maximum absolute atomic E-state index is 12.5. The topological polar surface area (TPSA) is 46.9 Å². The van der Waals surface area contributed by atoms with Crippen molar-refractivity contribution in [3.8, 4) is 0 Å². The third kappa shape index (κ3) is 1.61. The summed E-state index contributed by atoms with van der Waals surface area (Å²) >= 11 is 1.67. The summed E-state index contributed by atoms with van der Waals surface area (Å²) in [5.41, 5.74) is 1.33. The van der Waals surface area contributed by atoms with E-state index in [0.29, 0.717) is 0 Å². The number of thiophene rings is 1. The van der Waals surface area contributed by atoms with Crippen LogP contribution in [0, 0.1) is 0 Å². The van der Waals surface area contributed by atoms with E-state index in [-0.39, 0.29) is 11.5 Å². The van der Waals surface area contributed by atoms with Crippen molar-refractivity contribution in [1.29, 1.82) is 0 Å². The van der Waals surface area contributed by atoms with E-state index in [1.807, 2.05) is 7.05 Å². The molecule has 0 saturated heterocycles. The zero-order chi connectivity index (χ0) is 12.9. The fraction of sp³-hybridized carbons (Fsp3) is 0.538. The fourth-order valence-corrected chi connectivity index (χ4v) is 3.77. The maximum atomic E-state index is 12.5. The van der Waals surface area contributed by atoms with Crippen LogP contribution in [0.1, 0.15) is 36.0 Å².